The third-order valence-electron chi connectivity index (χ3n) is 4.74. The van der Waals surface area contributed by atoms with E-state index < -0.39 is 0 Å². The number of methoxy groups -OCH3 is 1. The van der Waals surface area contributed by atoms with Gasteiger partial charge >= 0.3 is 5.97 Å². The number of thioether (sulfide) groups is 1. The SMILES string of the molecule is COC(=O)CSc1nnc2n(-c3ccccc3C(C)C)c(=O)c3ccccc3n12. The topological polar surface area (TPSA) is 78.5 Å². The predicted octanol–water partition coefficient (Wildman–Crippen LogP) is 3.42. The number of esters is 1. The molecule has 2 heterocycles. The Bertz CT molecular complexity index is 1280. The maximum Gasteiger partial charge on any atom is 0.316 e. The highest BCUT2D eigenvalue weighted by molar-refractivity contribution is 7.99. The smallest absolute Gasteiger partial charge is 0.316 e. The van der Waals surface area contributed by atoms with E-state index in [1.807, 2.05) is 46.9 Å². The van der Waals surface area contributed by atoms with E-state index in [0.717, 1.165) is 11.3 Å². The highest BCUT2D eigenvalue weighted by atomic mass is 32.2. The lowest BCUT2D eigenvalue weighted by Crippen LogP contribution is -2.23. The van der Waals surface area contributed by atoms with Gasteiger partial charge in [0.05, 0.1) is 29.5 Å². The van der Waals surface area contributed by atoms with Crippen LogP contribution in [0.4, 0.5) is 0 Å². The Morgan fingerprint density at radius 1 is 1.10 bits per heavy atom. The Morgan fingerprint density at radius 2 is 1.83 bits per heavy atom. The molecule has 0 amide bonds. The number of ether oxygens (including phenoxy) is 1. The van der Waals surface area contributed by atoms with Gasteiger partial charge in [-0.05, 0) is 29.7 Å². The van der Waals surface area contributed by atoms with Gasteiger partial charge in [-0.2, -0.15) is 0 Å². The maximum atomic E-state index is 13.4. The van der Waals surface area contributed by atoms with Crippen LogP contribution >= 0.6 is 11.8 Å². The second kappa shape index (κ2) is 7.71. The number of aromatic nitrogens is 4. The summed E-state index contributed by atoms with van der Waals surface area (Å²) in [5, 5.41) is 9.65. The first-order valence-electron chi connectivity index (χ1n) is 9.20. The minimum Gasteiger partial charge on any atom is -0.468 e. The van der Waals surface area contributed by atoms with Gasteiger partial charge in [-0.3, -0.25) is 14.0 Å². The van der Waals surface area contributed by atoms with Gasteiger partial charge in [0.25, 0.3) is 5.56 Å². The quantitative estimate of drug-likeness (QED) is 0.372. The third kappa shape index (κ3) is 3.29. The van der Waals surface area contributed by atoms with Gasteiger partial charge in [0.2, 0.25) is 5.78 Å². The monoisotopic (exact) mass is 408 g/mol. The zero-order valence-corrected chi connectivity index (χ0v) is 17.1. The van der Waals surface area contributed by atoms with Gasteiger partial charge in [-0.15, -0.1) is 10.2 Å². The van der Waals surface area contributed by atoms with E-state index in [2.05, 4.69) is 24.0 Å². The Labute approximate surface area is 171 Å². The summed E-state index contributed by atoms with van der Waals surface area (Å²) in [6.45, 7) is 4.17. The van der Waals surface area contributed by atoms with Crippen LogP contribution in [0.1, 0.15) is 25.3 Å². The number of para-hydroxylation sites is 2. The minimum atomic E-state index is -0.352. The molecule has 2 aromatic heterocycles. The molecule has 0 saturated heterocycles. The maximum absolute atomic E-state index is 13.4. The number of nitrogens with zero attached hydrogens (tertiary/aromatic N) is 4. The zero-order chi connectivity index (χ0) is 20.5. The molecule has 0 unspecified atom stereocenters. The highest BCUT2D eigenvalue weighted by Gasteiger charge is 2.20. The summed E-state index contributed by atoms with van der Waals surface area (Å²) in [6.07, 6.45) is 0. The average Bonchev–Trinajstić information content (AvgIpc) is 3.16. The summed E-state index contributed by atoms with van der Waals surface area (Å²) >= 11 is 1.22. The van der Waals surface area contributed by atoms with Gasteiger partial charge in [-0.25, -0.2) is 4.57 Å². The molecule has 0 aliphatic heterocycles. The fourth-order valence-electron chi connectivity index (χ4n) is 3.35. The van der Waals surface area contributed by atoms with Crippen LogP contribution in [0.25, 0.3) is 22.4 Å². The van der Waals surface area contributed by atoms with E-state index in [0.29, 0.717) is 21.8 Å². The van der Waals surface area contributed by atoms with Gasteiger partial charge in [-0.1, -0.05) is 55.9 Å². The predicted molar refractivity (Wildman–Crippen MR) is 113 cm³/mol. The van der Waals surface area contributed by atoms with Crippen molar-refractivity contribution in [1.82, 2.24) is 19.2 Å². The molecule has 0 radical (unpaired) electrons. The average molecular weight is 408 g/mol. The summed E-state index contributed by atoms with van der Waals surface area (Å²) in [5.41, 5.74) is 2.36. The van der Waals surface area contributed by atoms with Crippen LogP contribution in [0, 0.1) is 0 Å². The van der Waals surface area contributed by atoms with E-state index in [1.54, 1.807) is 10.6 Å². The van der Waals surface area contributed by atoms with Crippen molar-refractivity contribution in [3.63, 3.8) is 0 Å². The number of rotatable bonds is 5. The summed E-state index contributed by atoms with van der Waals surface area (Å²) in [7, 11) is 1.35. The molecule has 7 nitrogen and oxygen atoms in total. The van der Waals surface area contributed by atoms with E-state index in [9.17, 15) is 9.59 Å². The number of carbonyl (C=O) groups is 1. The van der Waals surface area contributed by atoms with Crippen molar-refractivity contribution in [2.45, 2.75) is 24.9 Å². The minimum absolute atomic E-state index is 0.104. The number of benzene rings is 2. The summed E-state index contributed by atoms with van der Waals surface area (Å²) < 4.78 is 8.15. The standard InChI is InChI=1S/C21H20N4O3S/c1-13(2)14-8-4-6-10-16(14)24-19(27)15-9-5-7-11-17(15)25-20(24)22-23-21(25)29-12-18(26)28-3/h4-11,13H,12H2,1-3H3. The Balaban J connectivity index is 2.06. The molecule has 4 rings (SSSR count). The van der Waals surface area contributed by atoms with Crippen molar-refractivity contribution >= 4 is 34.4 Å². The molecule has 148 valence electrons. The van der Waals surface area contributed by atoms with Gasteiger partial charge in [0, 0.05) is 0 Å². The molecule has 2 aromatic carbocycles. The highest BCUT2D eigenvalue weighted by Crippen LogP contribution is 2.26. The van der Waals surface area contributed by atoms with Crippen molar-refractivity contribution in [3.05, 3.63) is 64.4 Å². The summed E-state index contributed by atoms with van der Waals surface area (Å²) in [6, 6.07) is 15.1. The second-order valence-corrected chi connectivity index (χ2v) is 7.80. The largest absolute Gasteiger partial charge is 0.468 e. The lowest BCUT2D eigenvalue weighted by molar-refractivity contribution is -0.137. The van der Waals surface area contributed by atoms with E-state index >= 15 is 0 Å². The summed E-state index contributed by atoms with van der Waals surface area (Å²) in [4.78, 5) is 25.1. The Kier molecular flexibility index (Phi) is 5.10. The van der Waals surface area contributed by atoms with Gasteiger partial charge in [0.1, 0.15) is 0 Å². The molecular formula is C21H20N4O3S. The van der Waals surface area contributed by atoms with Gasteiger partial charge < -0.3 is 4.74 Å². The molecule has 29 heavy (non-hydrogen) atoms. The number of carbonyl (C=O) groups excluding carboxylic acids is 1. The Hall–Kier alpha value is -3.13. The molecule has 0 atom stereocenters. The number of hydrogen-bond acceptors (Lipinski definition) is 6. The zero-order valence-electron chi connectivity index (χ0n) is 16.3. The lowest BCUT2D eigenvalue weighted by Gasteiger charge is -2.16. The molecule has 4 aromatic rings. The second-order valence-electron chi connectivity index (χ2n) is 6.85. The first-order chi connectivity index (χ1) is 14.0. The van der Waals surface area contributed by atoms with Crippen LogP contribution < -0.4 is 5.56 Å². The molecular weight excluding hydrogens is 388 g/mol. The lowest BCUT2D eigenvalue weighted by atomic mass is 10.0. The van der Waals surface area contributed by atoms with Crippen LogP contribution in [0.2, 0.25) is 0 Å². The molecule has 0 bridgehead atoms. The fraction of sp³-hybridized carbons (Fsp3) is 0.238. The van der Waals surface area contributed by atoms with E-state index in [4.69, 9.17) is 4.74 Å². The van der Waals surface area contributed by atoms with Crippen molar-refractivity contribution in [3.8, 4) is 5.69 Å². The molecule has 0 aliphatic rings. The fourth-order valence-corrected chi connectivity index (χ4v) is 4.12. The van der Waals surface area contributed by atoms with Crippen LogP contribution in [-0.2, 0) is 9.53 Å². The van der Waals surface area contributed by atoms with Crippen molar-refractivity contribution in [1.29, 1.82) is 0 Å². The molecule has 0 aliphatic carbocycles. The first kappa shape index (κ1) is 19.2. The van der Waals surface area contributed by atoms with Crippen molar-refractivity contribution in [2.75, 3.05) is 12.9 Å². The Morgan fingerprint density at radius 3 is 2.59 bits per heavy atom. The normalized spacial score (nSPS) is 11.4. The number of hydrogen-bond donors (Lipinski definition) is 0. The van der Waals surface area contributed by atoms with Crippen LogP contribution in [0.15, 0.2) is 58.5 Å². The summed E-state index contributed by atoms with van der Waals surface area (Å²) in [5.74, 6) is 0.386. The molecule has 0 fully saturated rings. The van der Waals surface area contributed by atoms with Gasteiger partial charge in [0.15, 0.2) is 5.16 Å². The van der Waals surface area contributed by atoms with Crippen LogP contribution in [0.5, 0.6) is 0 Å². The van der Waals surface area contributed by atoms with Crippen LogP contribution in [0.3, 0.4) is 0 Å². The van der Waals surface area contributed by atoms with E-state index in [1.165, 1.54) is 18.9 Å². The van der Waals surface area contributed by atoms with Crippen molar-refractivity contribution < 1.29 is 9.53 Å². The first-order valence-corrected chi connectivity index (χ1v) is 10.2. The molecule has 8 heteroatoms. The molecule has 0 N–H and O–H groups in total. The van der Waals surface area contributed by atoms with E-state index in [-0.39, 0.29) is 23.2 Å². The van der Waals surface area contributed by atoms with Crippen LogP contribution in [-0.4, -0.2) is 38.0 Å². The number of fused-ring (bicyclic) bond motifs is 3. The third-order valence-corrected chi connectivity index (χ3v) is 5.64. The van der Waals surface area contributed by atoms with Crippen molar-refractivity contribution in [2.24, 2.45) is 0 Å². The molecule has 0 spiro atoms. The molecule has 0 saturated carbocycles.